The van der Waals surface area contributed by atoms with Gasteiger partial charge in [-0.3, -0.25) is 4.79 Å². The number of hydrogen-bond acceptors (Lipinski definition) is 5. The van der Waals surface area contributed by atoms with E-state index in [0.29, 0.717) is 22.9 Å². The average molecular weight is 419 g/mol. The van der Waals surface area contributed by atoms with Crippen LogP contribution < -0.4 is 10.0 Å². The zero-order valence-electron chi connectivity index (χ0n) is 13.8. The number of anilines is 1. The third-order valence-corrected chi connectivity index (χ3v) is 7.43. The van der Waals surface area contributed by atoms with Crippen molar-refractivity contribution in [1.82, 2.24) is 4.72 Å². The zero-order chi connectivity index (χ0) is 18.4. The number of rotatable bonds is 8. The number of carbonyl (C=O) groups is 1. The fourth-order valence-corrected chi connectivity index (χ4v) is 4.99. The van der Waals surface area contributed by atoms with Gasteiger partial charge in [0.1, 0.15) is 10.3 Å². The minimum Gasteiger partial charge on any atom is -0.324 e. The molecule has 5 nitrogen and oxygen atoms in total. The normalized spacial score (nSPS) is 12.8. The van der Waals surface area contributed by atoms with Crippen molar-refractivity contribution < 1.29 is 13.2 Å². The van der Waals surface area contributed by atoms with Crippen molar-refractivity contribution >= 4 is 56.3 Å². The molecule has 1 aromatic heterocycles. The van der Waals surface area contributed by atoms with E-state index in [1.54, 1.807) is 48.3 Å². The summed E-state index contributed by atoms with van der Waals surface area (Å²) in [5.41, 5.74) is 1.31. The third-order valence-electron chi connectivity index (χ3n) is 3.51. The predicted molar refractivity (Wildman–Crippen MR) is 106 cm³/mol. The molecule has 0 radical (unpaired) electrons. The summed E-state index contributed by atoms with van der Waals surface area (Å²) in [6, 6.07) is 7.51. The van der Waals surface area contributed by atoms with Gasteiger partial charge in [-0.2, -0.15) is 16.5 Å². The number of nitrogens with one attached hydrogen (secondary N) is 2. The summed E-state index contributed by atoms with van der Waals surface area (Å²) in [6.45, 7) is 1.80. The molecule has 0 saturated heterocycles. The van der Waals surface area contributed by atoms with Crippen LogP contribution in [0.15, 0.2) is 39.9 Å². The molecule has 25 heavy (non-hydrogen) atoms. The summed E-state index contributed by atoms with van der Waals surface area (Å²) in [4.78, 5) is 12.6. The maximum absolute atomic E-state index is 12.6. The summed E-state index contributed by atoms with van der Waals surface area (Å²) in [6.07, 6.45) is 2.29. The SMILES string of the molecule is CSCC[C@H](NS(=O)(=O)c1cccs1)C(=O)Nc1cccc(Cl)c1C. The molecule has 1 aromatic carbocycles. The van der Waals surface area contributed by atoms with E-state index >= 15 is 0 Å². The van der Waals surface area contributed by atoms with Crippen molar-refractivity contribution in [3.8, 4) is 0 Å². The van der Waals surface area contributed by atoms with Crippen LogP contribution in [0.3, 0.4) is 0 Å². The molecule has 0 aliphatic heterocycles. The van der Waals surface area contributed by atoms with Crippen LogP contribution in [0.5, 0.6) is 0 Å². The lowest BCUT2D eigenvalue weighted by Gasteiger charge is -2.18. The Morgan fingerprint density at radius 1 is 1.32 bits per heavy atom. The molecule has 2 rings (SSSR count). The van der Waals surface area contributed by atoms with E-state index in [1.807, 2.05) is 6.26 Å². The lowest BCUT2D eigenvalue weighted by Crippen LogP contribution is -2.44. The van der Waals surface area contributed by atoms with Gasteiger partial charge in [0.15, 0.2) is 0 Å². The molecule has 0 unspecified atom stereocenters. The highest BCUT2D eigenvalue weighted by Gasteiger charge is 2.26. The maximum atomic E-state index is 12.6. The number of hydrogen-bond donors (Lipinski definition) is 2. The molecule has 9 heteroatoms. The van der Waals surface area contributed by atoms with Crippen LogP contribution in [0.25, 0.3) is 0 Å². The Balaban J connectivity index is 2.18. The van der Waals surface area contributed by atoms with Crippen molar-refractivity contribution in [2.75, 3.05) is 17.3 Å². The fourth-order valence-electron chi connectivity index (χ4n) is 2.10. The van der Waals surface area contributed by atoms with Gasteiger partial charge < -0.3 is 5.32 Å². The number of carbonyl (C=O) groups excluding carboxylic acids is 1. The first kappa shape index (κ1) is 20.3. The molecule has 0 aliphatic rings. The standard InChI is InChI=1S/C16H19ClN2O3S3/c1-11-12(17)5-3-6-13(11)18-16(20)14(8-10-23-2)19-25(21,22)15-7-4-9-24-15/h3-7,9,14,19H,8,10H2,1-2H3,(H,18,20)/t14-/m0/s1. The quantitative estimate of drug-likeness (QED) is 0.684. The molecule has 0 fully saturated rings. The van der Waals surface area contributed by atoms with E-state index < -0.39 is 22.0 Å². The van der Waals surface area contributed by atoms with Crippen LogP contribution in [-0.4, -0.2) is 32.4 Å². The Labute approximate surface area is 161 Å². The molecule has 0 aliphatic carbocycles. The highest BCUT2D eigenvalue weighted by molar-refractivity contribution is 7.98. The van der Waals surface area contributed by atoms with Gasteiger partial charge in [-0.05, 0) is 54.5 Å². The monoisotopic (exact) mass is 418 g/mol. The Morgan fingerprint density at radius 2 is 2.08 bits per heavy atom. The second kappa shape index (κ2) is 9.05. The summed E-state index contributed by atoms with van der Waals surface area (Å²) < 4.78 is 27.6. The van der Waals surface area contributed by atoms with Gasteiger partial charge in [0.05, 0.1) is 0 Å². The van der Waals surface area contributed by atoms with Crippen molar-refractivity contribution in [3.63, 3.8) is 0 Å². The minimum atomic E-state index is -3.73. The van der Waals surface area contributed by atoms with E-state index in [0.717, 1.165) is 16.9 Å². The molecular weight excluding hydrogens is 400 g/mol. The second-order valence-electron chi connectivity index (χ2n) is 5.29. The van der Waals surface area contributed by atoms with Crippen molar-refractivity contribution in [2.24, 2.45) is 0 Å². The van der Waals surface area contributed by atoms with Crippen LogP contribution in [0, 0.1) is 6.92 Å². The molecule has 2 N–H and O–H groups in total. The summed E-state index contributed by atoms with van der Waals surface area (Å²) >= 11 is 8.73. The Hall–Kier alpha value is -1.06. The first-order chi connectivity index (χ1) is 11.8. The number of halogens is 1. The third kappa shape index (κ3) is 5.46. The lowest BCUT2D eigenvalue weighted by molar-refractivity contribution is -0.117. The largest absolute Gasteiger partial charge is 0.324 e. The highest BCUT2D eigenvalue weighted by Crippen LogP contribution is 2.23. The molecular formula is C16H19ClN2O3S3. The van der Waals surface area contributed by atoms with Gasteiger partial charge >= 0.3 is 0 Å². The fraction of sp³-hybridized carbons (Fsp3) is 0.312. The van der Waals surface area contributed by atoms with Crippen LogP contribution in [0.2, 0.25) is 5.02 Å². The smallest absolute Gasteiger partial charge is 0.250 e. The van der Waals surface area contributed by atoms with Crippen LogP contribution in [0.4, 0.5) is 5.69 Å². The van der Waals surface area contributed by atoms with E-state index in [1.165, 1.54) is 6.07 Å². The van der Waals surface area contributed by atoms with E-state index in [2.05, 4.69) is 10.0 Å². The van der Waals surface area contributed by atoms with Crippen molar-refractivity contribution in [3.05, 3.63) is 46.3 Å². The van der Waals surface area contributed by atoms with Crippen molar-refractivity contribution in [2.45, 2.75) is 23.6 Å². The topological polar surface area (TPSA) is 75.3 Å². The maximum Gasteiger partial charge on any atom is 0.250 e. The predicted octanol–water partition coefficient (Wildman–Crippen LogP) is 3.75. The van der Waals surface area contributed by atoms with Gasteiger partial charge in [-0.25, -0.2) is 8.42 Å². The summed E-state index contributed by atoms with van der Waals surface area (Å²) in [7, 11) is -3.73. The zero-order valence-corrected chi connectivity index (χ0v) is 17.0. The van der Waals surface area contributed by atoms with E-state index in [4.69, 9.17) is 11.6 Å². The first-order valence-corrected chi connectivity index (χ1v) is 11.6. The van der Waals surface area contributed by atoms with Gasteiger partial charge in [-0.1, -0.05) is 23.7 Å². The van der Waals surface area contributed by atoms with Gasteiger partial charge in [0, 0.05) is 10.7 Å². The molecule has 1 atom stereocenters. The average Bonchev–Trinajstić information content (AvgIpc) is 3.11. The molecule has 136 valence electrons. The summed E-state index contributed by atoms with van der Waals surface area (Å²) in [5, 5.41) is 4.99. The number of amides is 1. The molecule has 1 amide bonds. The Kier molecular flexibility index (Phi) is 7.33. The number of sulfonamides is 1. The van der Waals surface area contributed by atoms with Crippen molar-refractivity contribution in [1.29, 1.82) is 0 Å². The van der Waals surface area contributed by atoms with Gasteiger partial charge in [-0.15, -0.1) is 11.3 Å². The second-order valence-corrected chi connectivity index (χ2v) is 9.57. The van der Waals surface area contributed by atoms with Gasteiger partial charge in [0.2, 0.25) is 5.91 Å². The number of thiophene rings is 1. The molecule has 0 saturated carbocycles. The van der Waals surface area contributed by atoms with Crippen LogP contribution >= 0.6 is 34.7 Å². The number of thioether (sulfide) groups is 1. The lowest BCUT2D eigenvalue weighted by atomic mass is 10.1. The van der Waals surface area contributed by atoms with E-state index in [9.17, 15) is 13.2 Å². The molecule has 2 aromatic rings. The first-order valence-electron chi connectivity index (χ1n) is 7.46. The molecule has 0 bridgehead atoms. The Morgan fingerprint density at radius 3 is 2.72 bits per heavy atom. The minimum absolute atomic E-state index is 0.188. The summed E-state index contributed by atoms with van der Waals surface area (Å²) in [5.74, 6) is 0.249. The molecule has 0 spiro atoms. The highest BCUT2D eigenvalue weighted by atomic mass is 35.5. The van der Waals surface area contributed by atoms with E-state index in [-0.39, 0.29) is 4.21 Å². The Bertz CT molecular complexity index is 823. The van der Waals surface area contributed by atoms with Gasteiger partial charge in [0.25, 0.3) is 10.0 Å². The number of benzene rings is 1. The molecule has 1 heterocycles. The van der Waals surface area contributed by atoms with Crippen LogP contribution in [-0.2, 0) is 14.8 Å². The van der Waals surface area contributed by atoms with Crippen LogP contribution in [0.1, 0.15) is 12.0 Å².